The first-order valence-corrected chi connectivity index (χ1v) is 8.05. The van der Waals surface area contributed by atoms with E-state index in [0.29, 0.717) is 5.91 Å². The molecular formula is C16H25NO. The predicted octanol–water partition coefficient (Wildman–Crippen LogP) is 3.22. The maximum absolute atomic E-state index is 13.0. The molecule has 2 unspecified atom stereocenters. The highest BCUT2D eigenvalue weighted by molar-refractivity contribution is 5.83. The van der Waals surface area contributed by atoms with Crippen LogP contribution in [0.5, 0.6) is 0 Å². The molecule has 0 N–H and O–H groups in total. The third-order valence-electron chi connectivity index (χ3n) is 6.24. The summed E-state index contributed by atoms with van der Waals surface area (Å²) in [6.07, 6.45) is 11.8. The monoisotopic (exact) mass is 247 g/mol. The summed E-state index contributed by atoms with van der Waals surface area (Å²) in [5.41, 5.74) is 0.0865. The second-order valence-electron chi connectivity index (χ2n) is 7.53. The quantitative estimate of drug-likeness (QED) is 0.696. The molecular weight excluding hydrogens is 222 g/mol. The number of rotatable bonds is 1. The fourth-order valence-electron chi connectivity index (χ4n) is 5.68. The lowest BCUT2D eigenvalue weighted by molar-refractivity contribution is -0.145. The Morgan fingerprint density at radius 1 is 0.944 bits per heavy atom. The molecule has 4 saturated carbocycles. The Balaban J connectivity index is 1.63. The largest absolute Gasteiger partial charge is 0.342 e. The van der Waals surface area contributed by atoms with E-state index in [0.717, 1.165) is 30.8 Å². The van der Waals surface area contributed by atoms with Gasteiger partial charge in [0.25, 0.3) is 0 Å². The van der Waals surface area contributed by atoms with Crippen molar-refractivity contribution in [3.8, 4) is 0 Å². The fraction of sp³-hybridized carbons (Fsp3) is 0.938. The van der Waals surface area contributed by atoms with Gasteiger partial charge in [-0.05, 0) is 75.5 Å². The van der Waals surface area contributed by atoms with E-state index in [1.165, 1.54) is 57.8 Å². The smallest absolute Gasteiger partial charge is 0.228 e. The summed E-state index contributed by atoms with van der Waals surface area (Å²) in [6.45, 7) is 2.08. The van der Waals surface area contributed by atoms with Gasteiger partial charge >= 0.3 is 0 Å². The number of carbonyl (C=O) groups excluding carboxylic acids is 1. The molecule has 1 heterocycles. The minimum absolute atomic E-state index is 0.0865. The van der Waals surface area contributed by atoms with Crippen LogP contribution in [0.2, 0.25) is 0 Å². The summed E-state index contributed by atoms with van der Waals surface area (Å²) in [5, 5.41) is 0. The van der Waals surface area contributed by atoms with E-state index in [2.05, 4.69) is 4.90 Å². The average Bonchev–Trinajstić information content (AvgIpc) is 2.81. The third kappa shape index (κ3) is 1.64. The van der Waals surface area contributed by atoms with Gasteiger partial charge in [0.1, 0.15) is 0 Å². The minimum Gasteiger partial charge on any atom is -0.342 e. The Bertz CT molecular complexity index is 344. The fourth-order valence-corrected chi connectivity index (χ4v) is 5.68. The van der Waals surface area contributed by atoms with E-state index in [-0.39, 0.29) is 5.41 Å². The van der Waals surface area contributed by atoms with Gasteiger partial charge in [0.15, 0.2) is 0 Å². The molecule has 4 atom stereocenters. The number of fused-ring (bicyclic) bond motifs is 1. The van der Waals surface area contributed by atoms with Crippen LogP contribution in [0, 0.1) is 23.2 Å². The molecule has 2 nitrogen and oxygen atoms in total. The van der Waals surface area contributed by atoms with E-state index < -0.39 is 0 Å². The van der Waals surface area contributed by atoms with Crippen molar-refractivity contribution < 1.29 is 4.79 Å². The van der Waals surface area contributed by atoms with Crippen LogP contribution in [0.3, 0.4) is 0 Å². The molecule has 0 spiro atoms. The number of hydrogen-bond donors (Lipinski definition) is 0. The Kier molecular flexibility index (Phi) is 2.50. The maximum atomic E-state index is 13.0. The van der Waals surface area contributed by atoms with Crippen LogP contribution < -0.4 is 0 Å². The normalized spacial score (nSPS) is 46.4. The number of hydrogen-bond acceptors (Lipinski definition) is 1. The van der Waals surface area contributed by atoms with E-state index in [1.54, 1.807) is 0 Å². The lowest BCUT2D eigenvalue weighted by Crippen LogP contribution is -2.46. The first-order chi connectivity index (χ1) is 8.75. The van der Waals surface area contributed by atoms with Gasteiger partial charge in [-0.25, -0.2) is 0 Å². The van der Waals surface area contributed by atoms with Gasteiger partial charge in [0.05, 0.1) is 0 Å². The molecule has 2 heteroatoms. The Labute approximate surface area is 110 Å². The van der Waals surface area contributed by atoms with Crippen LogP contribution >= 0.6 is 0 Å². The van der Waals surface area contributed by atoms with Crippen molar-refractivity contribution in [1.82, 2.24) is 4.90 Å². The van der Waals surface area contributed by atoms with Gasteiger partial charge in [-0.1, -0.05) is 0 Å². The Hall–Kier alpha value is -0.530. The topological polar surface area (TPSA) is 20.3 Å². The molecule has 5 aliphatic rings. The molecule has 4 bridgehead atoms. The summed E-state index contributed by atoms with van der Waals surface area (Å²) in [5.74, 6) is 3.29. The number of amides is 1. The van der Waals surface area contributed by atoms with Crippen molar-refractivity contribution in [3.05, 3.63) is 0 Å². The van der Waals surface area contributed by atoms with Crippen molar-refractivity contribution in [1.29, 1.82) is 0 Å². The van der Waals surface area contributed by atoms with Gasteiger partial charge < -0.3 is 4.90 Å². The second kappa shape index (κ2) is 3.98. The van der Waals surface area contributed by atoms with E-state index in [9.17, 15) is 4.79 Å². The zero-order valence-electron chi connectivity index (χ0n) is 11.4. The predicted molar refractivity (Wildman–Crippen MR) is 71.0 cm³/mol. The van der Waals surface area contributed by atoms with Crippen LogP contribution in [0.25, 0.3) is 0 Å². The van der Waals surface area contributed by atoms with E-state index >= 15 is 0 Å². The molecule has 0 aromatic rings. The molecule has 0 radical (unpaired) electrons. The Morgan fingerprint density at radius 2 is 1.56 bits per heavy atom. The zero-order valence-corrected chi connectivity index (χ0v) is 11.4. The molecule has 5 rings (SSSR count). The van der Waals surface area contributed by atoms with Crippen molar-refractivity contribution in [2.75, 3.05) is 13.1 Å². The second-order valence-corrected chi connectivity index (χ2v) is 7.53. The Morgan fingerprint density at radius 3 is 2.22 bits per heavy atom. The average molecular weight is 247 g/mol. The highest BCUT2D eigenvalue weighted by Gasteiger charge is 2.52. The van der Waals surface area contributed by atoms with Gasteiger partial charge in [-0.15, -0.1) is 0 Å². The van der Waals surface area contributed by atoms with Crippen LogP contribution in [0.4, 0.5) is 0 Å². The maximum Gasteiger partial charge on any atom is 0.228 e. The highest BCUT2D eigenvalue weighted by Crippen LogP contribution is 2.57. The minimum atomic E-state index is 0.0865. The molecule has 100 valence electrons. The van der Waals surface area contributed by atoms with Crippen molar-refractivity contribution in [2.24, 2.45) is 23.2 Å². The first-order valence-electron chi connectivity index (χ1n) is 8.05. The lowest BCUT2D eigenvalue weighted by atomic mass is 9.61. The molecule has 1 saturated heterocycles. The van der Waals surface area contributed by atoms with Crippen LogP contribution in [-0.4, -0.2) is 23.9 Å². The van der Waals surface area contributed by atoms with Crippen LogP contribution in [0.15, 0.2) is 0 Å². The van der Waals surface area contributed by atoms with E-state index in [4.69, 9.17) is 0 Å². The summed E-state index contributed by atoms with van der Waals surface area (Å²) < 4.78 is 0. The zero-order chi connectivity index (χ0) is 12.2. The summed E-state index contributed by atoms with van der Waals surface area (Å²) >= 11 is 0. The summed E-state index contributed by atoms with van der Waals surface area (Å²) in [6, 6.07) is 0. The van der Waals surface area contributed by atoms with Gasteiger partial charge in [0.2, 0.25) is 5.91 Å². The molecule has 0 aromatic carbocycles. The molecule has 1 aliphatic heterocycles. The third-order valence-corrected chi connectivity index (χ3v) is 6.24. The number of likely N-dealkylation sites (tertiary alicyclic amines) is 1. The standard InChI is InChI=1S/C16H25NO/c18-15(17-5-1-2-6-17)16-4-3-12-7-13(10-16)9-14(8-12)11-16/h12-14H,1-11H2/t12?,13-,14+,16?. The van der Waals surface area contributed by atoms with Crippen LogP contribution in [0.1, 0.15) is 57.8 Å². The molecule has 5 fully saturated rings. The SMILES string of the molecule is O=C(N1CCCC1)C12CCC3C[C@H](C[C@H](C3)C1)C2. The van der Waals surface area contributed by atoms with Gasteiger partial charge in [0, 0.05) is 18.5 Å². The first kappa shape index (κ1) is 11.3. The van der Waals surface area contributed by atoms with Crippen molar-refractivity contribution >= 4 is 5.91 Å². The molecule has 1 amide bonds. The number of carbonyl (C=O) groups is 1. The number of nitrogens with zero attached hydrogens (tertiary/aromatic N) is 1. The van der Waals surface area contributed by atoms with Gasteiger partial charge in [-0.3, -0.25) is 4.79 Å². The van der Waals surface area contributed by atoms with Crippen molar-refractivity contribution in [3.63, 3.8) is 0 Å². The summed E-state index contributed by atoms with van der Waals surface area (Å²) in [7, 11) is 0. The van der Waals surface area contributed by atoms with Crippen LogP contribution in [-0.2, 0) is 4.79 Å². The molecule has 18 heavy (non-hydrogen) atoms. The molecule has 4 aliphatic carbocycles. The summed E-state index contributed by atoms with van der Waals surface area (Å²) in [4.78, 5) is 15.2. The lowest BCUT2D eigenvalue weighted by Gasteiger charge is -2.45. The highest BCUT2D eigenvalue weighted by atomic mass is 16.2. The molecule has 0 aromatic heterocycles. The van der Waals surface area contributed by atoms with Crippen molar-refractivity contribution in [2.45, 2.75) is 57.8 Å². The van der Waals surface area contributed by atoms with Gasteiger partial charge in [-0.2, -0.15) is 0 Å². The van der Waals surface area contributed by atoms with E-state index in [1.807, 2.05) is 0 Å².